The molecular formula is C17H19F2N3O2. The molecule has 5 nitrogen and oxygen atoms in total. The number of nitrogens with zero attached hydrogens (tertiary/aromatic N) is 3. The molecule has 0 radical (unpaired) electrons. The van der Waals surface area contributed by atoms with Crippen LogP contribution in [-0.4, -0.2) is 39.5 Å². The molecule has 1 saturated heterocycles. The Labute approximate surface area is 137 Å². The lowest BCUT2D eigenvalue weighted by Crippen LogP contribution is -2.34. The third kappa shape index (κ3) is 1.84. The van der Waals surface area contributed by atoms with Crippen LogP contribution in [0.15, 0.2) is 17.2 Å². The van der Waals surface area contributed by atoms with Crippen molar-refractivity contribution in [3.05, 3.63) is 33.9 Å². The average Bonchev–Trinajstić information content (AvgIpc) is 2.92. The first-order chi connectivity index (χ1) is 11.3. The number of alkyl halides is 2. The number of aryl methyl sites for hydroxylation is 3. The molecule has 7 heteroatoms. The zero-order chi connectivity index (χ0) is 17.4. The normalized spacial score (nSPS) is 25.6. The van der Waals surface area contributed by atoms with Gasteiger partial charge in [-0.1, -0.05) is 0 Å². The Morgan fingerprint density at radius 3 is 2.62 bits per heavy atom. The molecule has 2 aromatic rings. The summed E-state index contributed by atoms with van der Waals surface area (Å²) >= 11 is 0. The van der Waals surface area contributed by atoms with Gasteiger partial charge in [-0.15, -0.1) is 0 Å². The smallest absolute Gasteiger partial charge is 0.260 e. The monoisotopic (exact) mass is 335 g/mol. The Hall–Kier alpha value is -2.18. The van der Waals surface area contributed by atoms with Gasteiger partial charge in [0, 0.05) is 39.6 Å². The highest BCUT2D eigenvalue weighted by Crippen LogP contribution is 2.61. The zero-order valence-electron chi connectivity index (χ0n) is 13.8. The number of hydrogen-bond acceptors (Lipinski definition) is 2. The number of fused-ring (bicyclic) bond motifs is 2. The second-order valence-electron chi connectivity index (χ2n) is 7.23. The Morgan fingerprint density at radius 1 is 1.29 bits per heavy atom. The fraction of sp³-hybridized carbons (Fsp3) is 0.529. The number of halogens is 2. The quantitative estimate of drug-likeness (QED) is 0.842. The minimum absolute atomic E-state index is 0.0800. The first-order valence-electron chi connectivity index (χ1n) is 7.99. The molecular weight excluding hydrogens is 316 g/mol. The number of rotatable bonds is 2. The number of carbonyl (C=O) groups is 1. The van der Waals surface area contributed by atoms with Gasteiger partial charge < -0.3 is 14.0 Å². The van der Waals surface area contributed by atoms with Gasteiger partial charge in [-0.3, -0.25) is 9.59 Å². The largest absolute Gasteiger partial charge is 0.349 e. The van der Waals surface area contributed by atoms with E-state index in [0.717, 1.165) is 11.1 Å². The summed E-state index contributed by atoms with van der Waals surface area (Å²) in [6.07, 6.45) is 1.46. The van der Waals surface area contributed by atoms with Crippen LogP contribution < -0.4 is 5.56 Å². The number of piperidine rings is 1. The lowest BCUT2D eigenvalue weighted by molar-refractivity contribution is 0.0488. The van der Waals surface area contributed by atoms with Crippen molar-refractivity contribution in [1.82, 2.24) is 14.0 Å². The van der Waals surface area contributed by atoms with Crippen molar-refractivity contribution in [2.75, 3.05) is 13.1 Å². The molecule has 2 aliphatic rings. The summed E-state index contributed by atoms with van der Waals surface area (Å²) in [7, 11) is 3.43. The summed E-state index contributed by atoms with van der Waals surface area (Å²) in [4.78, 5) is 26.9. The minimum atomic E-state index is -2.40. The van der Waals surface area contributed by atoms with E-state index in [2.05, 4.69) is 0 Å². The van der Waals surface area contributed by atoms with Crippen molar-refractivity contribution < 1.29 is 13.6 Å². The molecule has 2 fully saturated rings. The standard InChI is InChI=1S/C17H19F2N3O2/c1-9-5-21(3)15(24)12-11(7-20(2)13(9)12)14(23)22-6-10-4-17(10,8-22)16(18)19/h5,7,10,16H,4,6,8H2,1-3H3/t10-,17-/m0/s1. The van der Waals surface area contributed by atoms with Gasteiger partial charge in [0.15, 0.2) is 0 Å². The predicted molar refractivity (Wildman–Crippen MR) is 85.3 cm³/mol. The molecule has 1 saturated carbocycles. The molecule has 0 N–H and O–H groups in total. The number of pyridine rings is 1. The van der Waals surface area contributed by atoms with Crippen molar-refractivity contribution in [3.63, 3.8) is 0 Å². The van der Waals surface area contributed by atoms with Gasteiger partial charge in [-0.05, 0) is 24.8 Å². The van der Waals surface area contributed by atoms with Crippen molar-refractivity contribution in [1.29, 1.82) is 0 Å². The van der Waals surface area contributed by atoms with Gasteiger partial charge in [-0.25, -0.2) is 8.78 Å². The molecule has 1 aliphatic carbocycles. The maximum absolute atomic E-state index is 13.2. The van der Waals surface area contributed by atoms with E-state index in [0.29, 0.717) is 23.9 Å². The lowest BCUT2D eigenvalue weighted by Gasteiger charge is -2.20. The number of aromatic nitrogens is 2. The molecule has 128 valence electrons. The Balaban J connectivity index is 1.78. The third-order valence-corrected chi connectivity index (χ3v) is 5.63. The minimum Gasteiger partial charge on any atom is -0.349 e. The number of likely N-dealkylation sites (tertiary alicyclic amines) is 1. The molecule has 24 heavy (non-hydrogen) atoms. The summed E-state index contributed by atoms with van der Waals surface area (Å²) in [5.41, 5.74) is 0.660. The summed E-state index contributed by atoms with van der Waals surface area (Å²) < 4.78 is 29.7. The van der Waals surface area contributed by atoms with Crippen molar-refractivity contribution >= 4 is 16.8 Å². The maximum Gasteiger partial charge on any atom is 0.260 e. The fourth-order valence-corrected chi connectivity index (χ4v) is 4.25. The molecule has 1 aliphatic heterocycles. The summed E-state index contributed by atoms with van der Waals surface area (Å²) in [5, 5.41) is 0.372. The van der Waals surface area contributed by atoms with E-state index in [1.165, 1.54) is 9.47 Å². The van der Waals surface area contributed by atoms with Crippen molar-refractivity contribution in [3.8, 4) is 0 Å². The highest BCUT2D eigenvalue weighted by Gasteiger charge is 2.66. The van der Waals surface area contributed by atoms with Crippen LogP contribution in [0, 0.1) is 18.3 Å². The number of amides is 1. The highest BCUT2D eigenvalue weighted by atomic mass is 19.3. The van der Waals surface area contributed by atoms with Crippen LogP contribution in [-0.2, 0) is 14.1 Å². The van der Waals surface area contributed by atoms with Crippen LogP contribution in [0.2, 0.25) is 0 Å². The second-order valence-corrected chi connectivity index (χ2v) is 7.23. The zero-order valence-corrected chi connectivity index (χ0v) is 13.8. The van der Waals surface area contributed by atoms with Crippen LogP contribution in [0.3, 0.4) is 0 Å². The molecule has 0 aromatic carbocycles. The van der Waals surface area contributed by atoms with Crippen LogP contribution in [0.5, 0.6) is 0 Å². The van der Waals surface area contributed by atoms with E-state index in [1.807, 2.05) is 6.92 Å². The van der Waals surface area contributed by atoms with Gasteiger partial charge in [0.2, 0.25) is 6.43 Å². The van der Waals surface area contributed by atoms with Crippen molar-refractivity contribution in [2.45, 2.75) is 19.8 Å². The van der Waals surface area contributed by atoms with Gasteiger partial charge in [0.1, 0.15) is 0 Å². The average molecular weight is 335 g/mol. The highest BCUT2D eigenvalue weighted by molar-refractivity contribution is 6.07. The van der Waals surface area contributed by atoms with Crippen LogP contribution in [0.25, 0.3) is 10.9 Å². The summed E-state index contributed by atoms with van der Waals surface area (Å²) in [6.45, 7) is 2.31. The summed E-state index contributed by atoms with van der Waals surface area (Å²) in [5.74, 6) is -0.434. The SMILES string of the molecule is Cc1cn(C)c(=O)c2c(C(=O)N3C[C@@H]4C[C@]4(C(F)F)C3)cn(C)c12. The second kappa shape index (κ2) is 4.68. The van der Waals surface area contributed by atoms with Gasteiger partial charge in [0.05, 0.1) is 21.9 Å². The number of carbonyl (C=O) groups excluding carboxylic acids is 1. The van der Waals surface area contributed by atoms with E-state index < -0.39 is 11.8 Å². The summed E-state index contributed by atoms with van der Waals surface area (Å²) in [6, 6.07) is 0. The Bertz CT molecular complexity index is 930. The first-order valence-corrected chi connectivity index (χ1v) is 7.99. The third-order valence-electron chi connectivity index (χ3n) is 5.63. The molecule has 0 bridgehead atoms. The maximum atomic E-state index is 13.2. The molecule has 3 heterocycles. The lowest BCUT2D eigenvalue weighted by atomic mass is 10.1. The van der Waals surface area contributed by atoms with E-state index in [-0.39, 0.29) is 23.9 Å². The van der Waals surface area contributed by atoms with E-state index >= 15 is 0 Å². The molecule has 4 rings (SSSR count). The van der Waals surface area contributed by atoms with Crippen molar-refractivity contribution in [2.24, 2.45) is 25.4 Å². The van der Waals surface area contributed by atoms with Gasteiger partial charge in [-0.2, -0.15) is 0 Å². The molecule has 2 atom stereocenters. The fourth-order valence-electron chi connectivity index (χ4n) is 4.25. The topological polar surface area (TPSA) is 47.2 Å². The Kier molecular flexibility index (Phi) is 2.99. The van der Waals surface area contributed by atoms with Gasteiger partial charge >= 0.3 is 0 Å². The molecule has 0 spiro atoms. The van der Waals surface area contributed by atoms with E-state index in [4.69, 9.17) is 0 Å². The molecule has 2 aromatic heterocycles. The number of hydrogen-bond donors (Lipinski definition) is 0. The first kappa shape index (κ1) is 15.4. The molecule has 1 amide bonds. The Morgan fingerprint density at radius 2 is 2.00 bits per heavy atom. The van der Waals surface area contributed by atoms with Crippen LogP contribution in [0.4, 0.5) is 8.78 Å². The van der Waals surface area contributed by atoms with Gasteiger partial charge in [0.25, 0.3) is 11.5 Å². The molecule has 0 unspecified atom stereocenters. The predicted octanol–water partition coefficient (Wildman–Crippen LogP) is 1.91. The van der Waals surface area contributed by atoms with Crippen LogP contribution in [0.1, 0.15) is 22.3 Å². The van der Waals surface area contributed by atoms with E-state index in [9.17, 15) is 18.4 Å². The van der Waals surface area contributed by atoms with Crippen LogP contribution >= 0.6 is 0 Å². The van der Waals surface area contributed by atoms with E-state index in [1.54, 1.807) is 31.1 Å².